The molecule has 4 N–H and O–H groups in total. The average molecular weight is 524 g/mol. The minimum atomic E-state index is -4.67. The summed E-state index contributed by atoms with van der Waals surface area (Å²) in [5, 5.41) is 24.5. The molecule has 0 aliphatic carbocycles. The van der Waals surface area contributed by atoms with Crippen LogP contribution in [0.1, 0.15) is 49.0 Å². The van der Waals surface area contributed by atoms with Gasteiger partial charge in [0.05, 0.1) is 17.8 Å². The van der Waals surface area contributed by atoms with Crippen LogP contribution in [-0.4, -0.2) is 58.9 Å². The number of likely N-dealkylation sites (tertiary alicyclic amines) is 1. The molecule has 11 heteroatoms. The van der Waals surface area contributed by atoms with Crippen molar-refractivity contribution in [2.75, 3.05) is 31.6 Å². The Bertz CT molecular complexity index is 1080. The first kappa shape index (κ1) is 28.3. The fourth-order valence-corrected chi connectivity index (χ4v) is 4.27. The lowest BCUT2D eigenvalue weighted by atomic mass is 9.84. The van der Waals surface area contributed by atoms with Gasteiger partial charge in [0.1, 0.15) is 11.5 Å². The zero-order chi connectivity index (χ0) is 27.2. The van der Waals surface area contributed by atoms with E-state index >= 15 is 0 Å². The summed E-state index contributed by atoms with van der Waals surface area (Å²) >= 11 is 0. The van der Waals surface area contributed by atoms with E-state index in [0.29, 0.717) is 30.7 Å². The van der Waals surface area contributed by atoms with Gasteiger partial charge in [-0.1, -0.05) is 13.8 Å². The zero-order valence-corrected chi connectivity index (χ0v) is 20.8. The SMILES string of the molecule is CC(C)CC1(O)CCN(C(=O)Nc2cc(Oc3ccc(C(=O)NCCO)cc3)cc(C(F)(F)F)c2)CC1. The molecule has 3 rings (SSSR count). The highest BCUT2D eigenvalue weighted by molar-refractivity contribution is 5.94. The average Bonchev–Trinajstić information content (AvgIpc) is 2.82. The molecule has 2 aromatic rings. The van der Waals surface area contributed by atoms with Crippen LogP contribution in [0.4, 0.5) is 23.7 Å². The Labute approximate surface area is 213 Å². The number of rotatable bonds is 8. The first-order chi connectivity index (χ1) is 17.4. The molecule has 202 valence electrons. The molecular formula is C26H32F3N3O5. The third kappa shape index (κ3) is 8.09. The molecule has 0 atom stereocenters. The maximum atomic E-state index is 13.5. The molecule has 1 heterocycles. The first-order valence-corrected chi connectivity index (χ1v) is 12.1. The molecule has 0 spiro atoms. The largest absolute Gasteiger partial charge is 0.457 e. The molecule has 0 unspecified atom stereocenters. The van der Waals surface area contributed by atoms with Crippen molar-refractivity contribution >= 4 is 17.6 Å². The van der Waals surface area contributed by atoms with Crippen molar-refractivity contribution in [1.82, 2.24) is 10.2 Å². The summed E-state index contributed by atoms with van der Waals surface area (Å²) < 4.78 is 46.2. The van der Waals surface area contributed by atoms with Gasteiger partial charge in [0.25, 0.3) is 5.91 Å². The van der Waals surface area contributed by atoms with Crippen LogP contribution in [0.15, 0.2) is 42.5 Å². The monoisotopic (exact) mass is 523 g/mol. The molecule has 3 amide bonds. The molecule has 1 fully saturated rings. The van der Waals surface area contributed by atoms with E-state index < -0.39 is 29.3 Å². The molecular weight excluding hydrogens is 491 g/mol. The second-order valence-electron chi connectivity index (χ2n) is 9.59. The Morgan fingerprint density at radius 3 is 2.30 bits per heavy atom. The number of aliphatic hydroxyl groups excluding tert-OH is 1. The number of alkyl halides is 3. The van der Waals surface area contributed by atoms with Crippen LogP contribution in [0, 0.1) is 5.92 Å². The van der Waals surface area contributed by atoms with E-state index in [1.165, 1.54) is 35.2 Å². The summed E-state index contributed by atoms with van der Waals surface area (Å²) in [7, 11) is 0. The summed E-state index contributed by atoms with van der Waals surface area (Å²) in [6.07, 6.45) is -3.27. The number of nitrogens with zero attached hydrogens (tertiary/aromatic N) is 1. The second kappa shape index (κ2) is 11.8. The predicted molar refractivity (Wildman–Crippen MR) is 132 cm³/mol. The van der Waals surface area contributed by atoms with Gasteiger partial charge in [0, 0.05) is 37.0 Å². The topological polar surface area (TPSA) is 111 Å². The second-order valence-corrected chi connectivity index (χ2v) is 9.59. The summed E-state index contributed by atoms with van der Waals surface area (Å²) in [6.45, 7) is 4.47. The van der Waals surface area contributed by atoms with Gasteiger partial charge >= 0.3 is 12.2 Å². The number of benzene rings is 2. The number of amides is 3. The van der Waals surface area contributed by atoms with Crippen molar-refractivity contribution in [3.8, 4) is 11.5 Å². The van der Waals surface area contributed by atoms with Crippen LogP contribution < -0.4 is 15.4 Å². The van der Waals surface area contributed by atoms with Crippen LogP contribution in [0.2, 0.25) is 0 Å². The van der Waals surface area contributed by atoms with Crippen LogP contribution in [0.5, 0.6) is 11.5 Å². The van der Waals surface area contributed by atoms with E-state index in [9.17, 15) is 27.9 Å². The number of ether oxygens (including phenoxy) is 1. The molecule has 1 aliphatic heterocycles. The van der Waals surface area contributed by atoms with Crippen molar-refractivity contribution in [3.05, 3.63) is 53.6 Å². The number of nitrogens with one attached hydrogen (secondary N) is 2. The Morgan fingerprint density at radius 2 is 1.73 bits per heavy atom. The van der Waals surface area contributed by atoms with Crippen molar-refractivity contribution in [2.24, 2.45) is 5.92 Å². The molecule has 2 aromatic carbocycles. The molecule has 8 nitrogen and oxygen atoms in total. The first-order valence-electron chi connectivity index (χ1n) is 12.1. The summed E-state index contributed by atoms with van der Waals surface area (Å²) in [5.74, 6) is -0.0677. The summed E-state index contributed by atoms with van der Waals surface area (Å²) in [4.78, 5) is 26.2. The number of piperidine rings is 1. The standard InChI is InChI=1S/C26H32F3N3O5/c1-17(2)16-25(36)7-10-32(11-8-25)24(35)31-20-13-19(26(27,28)29)14-22(15-20)37-21-5-3-18(4-6-21)23(34)30-9-12-33/h3-6,13-15,17,33,36H,7-12,16H2,1-2H3,(H,30,34)(H,31,35). The van der Waals surface area contributed by atoms with Crippen LogP contribution in [-0.2, 0) is 6.18 Å². The maximum Gasteiger partial charge on any atom is 0.416 e. The number of halogens is 3. The Kier molecular flexibility index (Phi) is 9.03. The van der Waals surface area contributed by atoms with Crippen LogP contribution >= 0.6 is 0 Å². The zero-order valence-electron chi connectivity index (χ0n) is 20.8. The van der Waals surface area contributed by atoms with Crippen LogP contribution in [0.3, 0.4) is 0 Å². The Balaban J connectivity index is 1.72. The van der Waals surface area contributed by atoms with Crippen molar-refractivity contribution in [3.63, 3.8) is 0 Å². The third-order valence-corrected chi connectivity index (χ3v) is 6.00. The highest BCUT2D eigenvalue weighted by Crippen LogP contribution is 2.36. The highest BCUT2D eigenvalue weighted by Gasteiger charge is 2.35. The summed E-state index contributed by atoms with van der Waals surface area (Å²) in [6, 6.07) is 8.12. The lowest BCUT2D eigenvalue weighted by molar-refractivity contribution is -0.137. The van der Waals surface area contributed by atoms with Gasteiger partial charge in [-0.15, -0.1) is 0 Å². The lowest BCUT2D eigenvalue weighted by Gasteiger charge is -2.39. The Hall–Kier alpha value is -3.31. The minimum Gasteiger partial charge on any atom is -0.457 e. The van der Waals surface area contributed by atoms with E-state index in [1.54, 1.807) is 0 Å². The number of aliphatic hydroxyl groups is 2. The van der Waals surface area contributed by atoms with Crippen molar-refractivity contribution in [2.45, 2.75) is 44.9 Å². The quantitative estimate of drug-likeness (QED) is 0.404. The van der Waals surface area contributed by atoms with Gasteiger partial charge in [0.15, 0.2) is 0 Å². The van der Waals surface area contributed by atoms with Gasteiger partial charge < -0.3 is 30.5 Å². The van der Waals surface area contributed by atoms with Gasteiger partial charge in [-0.05, 0) is 61.6 Å². The molecule has 1 saturated heterocycles. The van der Waals surface area contributed by atoms with Crippen LogP contribution in [0.25, 0.3) is 0 Å². The maximum absolute atomic E-state index is 13.5. The smallest absolute Gasteiger partial charge is 0.416 e. The fraction of sp³-hybridized carbons (Fsp3) is 0.462. The van der Waals surface area contributed by atoms with E-state index in [-0.39, 0.29) is 43.4 Å². The molecule has 0 radical (unpaired) electrons. The van der Waals surface area contributed by atoms with E-state index in [1.807, 2.05) is 13.8 Å². The van der Waals surface area contributed by atoms with Gasteiger partial charge in [0.2, 0.25) is 0 Å². The van der Waals surface area contributed by atoms with E-state index in [2.05, 4.69) is 10.6 Å². The molecule has 1 aliphatic rings. The predicted octanol–water partition coefficient (Wildman–Crippen LogP) is 4.62. The molecule has 0 saturated carbocycles. The third-order valence-electron chi connectivity index (χ3n) is 6.00. The normalized spacial score (nSPS) is 15.4. The number of anilines is 1. The van der Waals surface area contributed by atoms with E-state index in [0.717, 1.165) is 12.1 Å². The molecule has 0 aromatic heterocycles. The summed E-state index contributed by atoms with van der Waals surface area (Å²) in [5.41, 5.74) is -1.64. The minimum absolute atomic E-state index is 0.0853. The van der Waals surface area contributed by atoms with Gasteiger partial charge in [-0.3, -0.25) is 4.79 Å². The Morgan fingerprint density at radius 1 is 1.08 bits per heavy atom. The van der Waals surface area contributed by atoms with Gasteiger partial charge in [-0.25, -0.2) is 4.79 Å². The number of hydrogen-bond acceptors (Lipinski definition) is 5. The van der Waals surface area contributed by atoms with Crippen molar-refractivity contribution in [1.29, 1.82) is 0 Å². The van der Waals surface area contributed by atoms with Crippen molar-refractivity contribution < 1.29 is 37.7 Å². The number of carbonyl (C=O) groups excluding carboxylic acids is 2. The number of urea groups is 1. The van der Waals surface area contributed by atoms with E-state index in [4.69, 9.17) is 9.84 Å². The number of hydrogen-bond donors (Lipinski definition) is 4. The highest BCUT2D eigenvalue weighted by atomic mass is 19.4. The number of carbonyl (C=O) groups is 2. The lowest BCUT2D eigenvalue weighted by Crippen LogP contribution is -2.48. The fourth-order valence-electron chi connectivity index (χ4n) is 4.27. The molecule has 0 bridgehead atoms. The molecule has 37 heavy (non-hydrogen) atoms. The van der Waals surface area contributed by atoms with Gasteiger partial charge in [-0.2, -0.15) is 13.2 Å².